The Bertz CT molecular complexity index is 1090. The van der Waals surface area contributed by atoms with E-state index in [4.69, 9.17) is 5.11 Å². The summed E-state index contributed by atoms with van der Waals surface area (Å²) in [7, 11) is 0. The summed E-state index contributed by atoms with van der Waals surface area (Å²) in [5.41, 5.74) is -1.62. The highest BCUT2D eigenvalue weighted by Crippen LogP contribution is 2.37. The average molecular weight is 425 g/mol. The van der Waals surface area contributed by atoms with E-state index in [-0.39, 0.29) is 28.1 Å². The Balaban J connectivity index is 2.22. The molecule has 1 heterocycles. The highest BCUT2D eigenvalue weighted by molar-refractivity contribution is 5.82. The lowest BCUT2D eigenvalue weighted by Crippen LogP contribution is -2.07. The van der Waals surface area contributed by atoms with Gasteiger partial charge >= 0.3 is 18.3 Å². The molecule has 0 aliphatic rings. The summed E-state index contributed by atoms with van der Waals surface area (Å²) in [4.78, 5) is 15.1. The van der Waals surface area contributed by atoms with Crippen molar-refractivity contribution < 1.29 is 36.2 Å². The molecule has 0 fully saturated rings. The van der Waals surface area contributed by atoms with Gasteiger partial charge in [-0.25, -0.2) is 0 Å². The quantitative estimate of drug-likeness (QED) is 0.516. The van der Waals surface area contributed by atoms with Crippen LogP contribution in [-0.4, -0.2) is 16.1 Å². The Morgan fingerprint density at radius 3 is 1.87 bits per heavy atom. The summed E-state index contributed by atoms with van der Waals surface area (Å²) < 4.78 is 78.6. The van der Waals surface area contributed by atoms with Crippen molar-refractivity contribution >= 4 is 5.97 Å². The third-order valence-corrected chi connectivity index (χ3v) is 4.25. The third kappa shape index (κ3) is 4.79. The zero-order valence-electron chi connectivity index (χ0n) is 15.1. The van der Waals surface area contributed by atoms with Gasteiger partial charge in [0.25, 0.3) is 0 Å². The maximum absolute atomic E-state index is 13.1. The molecule has 0 saturated heterocycles. The molecule has 0 unspecified atom stereocenters. The second-order valence-corrected chi connectivity index (χ2v) is 6.43. The maximum Gasteiger partial charge on any atom is 0.416 e. The van der Waals surface area contributed by atoms with E-state index < -0.39 is 35.9 Å². The minimum Gasteiger partial charge on any atom is -0.481 e. The molecule has 0 bridgehead atoms. The monoisotopic (exact) mass is 425 g/mol. The van der Waals surface area contributed by atoms with Crippen LogP contribution in [0.25, 0.3) is 22.4 Å². The summed E-state index contributed by atoms with van der Waals surface area (Å²) in [6, 6.07) is 11.1. The molecule has 0 amide bonds. The van der Waals surface area contributed by atoms with Gasteiger partial charge in [-0.05, 0) is 35.9 Å². The molecular weight excluding hydrogens is 412 g/mol. The molecule has 1 aromatic heterocycles. The van der Waals surface area contributed by atoms with Crippen LogP contribution >= 0.6 is 0 Å². The molecular formula is C21H13F6NO2. The molecule has 1 N–H and O–H groups in total. The number of carbonyl (C=O) groups is 1. The lowest BCUT2D eigenvalue weighted by Gasteiger charge is -2.14. The van der Waals surface area contributed by atoms with E-state index in [1.54, 1.807) is 0 Å². The minimum absolute atomic E-state index is 0.00414. The number of carboxylic acid groups (broad SMARTS) is 1. The predicted octanol–water partition coefficient (Wildman–Crippen LogP) is 6.08. The van der Waals surface area contributed by atoms with Crippen molar-refractivity contribution in [2.24, 2.45) is 0 Å². The first kappa shape index (κ1) is 21.4. The van der Waals surface area contributed by atoms with Gasteiger partial charge in [-0.3, -0.25) is 9.78 Å². The normalized spacial score (nSPS) is 12.1. The van der Waals surface area contributed by atoms with Gasteiger partial charge in [-0.1, -0.05) is 30.3 Å². The van der Waals surface area contributed by atoms with Gasteiger partial charge < -0.3 is 5.11 Å². The number of rotatable bonds is 4. The van der Waals surface area contributed by atoms with E-state index in [1.807, 2.05) is 0 Å². The SMILES string of the molecule is O=C(O)Cc1ccc(-c2cccc(C(F)(F)F)c2)c(-c2cccc(C(F)(F)F)c2)n1. The Kier molecular flexibility index (Phi) is 5.56. The molecule has 3 aromatic rings. The number of pyridine rings is 1. The number of alkyl halides is 6. The second kappa shape index (κ2) is 7.81. The fourth-order valence-electron chi connectivity index (χ4n) is 2.91. The van der Waals surface area contributed by atoms with E-state index in [9.17, 15) is 31.1 Å². The van der Waals surface area contributed by atoms with Gasteiger partial charge in [0, 0.05) is 11.1 Å². The van der Waals surface area contributed by atoms with Gasteiger partial charge in [-0.2, -0.15) is 26.3 Å². The minimum atomic E-state index is -4.63. The van der Waals surface area contributed by atoms with Crippen molar-refractivity contribution in [3.8, 4) is 22.4 Å². The van der Waals surface area contributed by atoms with Crippen molar-refractivity contribution in [1.82, 2.24) is 4.98 Å². The number of benzene rings is 2. The standard InChI is InChI=1S/C21H13F6NO2/c22-20(23,24)14-5-1-3-12(9-14)17-8-7-16(11-18(29)30)28-19(17)13-4-2-6-15(10-13)21(25,26)27/h1-10H,11H2,(H,29,30). The topological polar surface area (TPSA) is 50.2 Å². The Labute approximate surface area is 166 Å². The van der Waals surface area contributed by atoms with E-state index in [0.717, 1.165) is 30.3 Å². The smallest absolute Gasteiger partial charge is 0.416 e. The number of carboxylic acids is 1. The summed E-state index contributed by atoms with van der Waals surface area (Å²) in [6.45, 7) is 0. The molecule has 3 nitrogen and oxygen atoms in total. The van der Waals surface area contributed by atoms with E-state index in [0.29, 0.717) is 0 Å². The zero-order valence-corrected chi connectivity index (χ0v) is 15.1. The number of halogens is 6. The van der Waals surface area contributed by atoms with Crippen LogP contribution in [0.2, 0.25) is 0 Å². The van der Waals surface area contributed by atoms with Gasteiger partial charge in [-0.15, -0.1) is 0 Å². The molecule has 0 saturated carbocycles. The van der Waals surface area contributed by atoms with Gasteiger partial charge in [0.15, 0.2) is 0 Å². The summed E-state index contributed by atoms with van der Waals surface area (Å²) in [6.07, 6.45) is -9.73. The second-order valence-electron chi connectivity index (χ2n) is 6.43. The largest absolute Gasteiger partial charge is 0.481 e. The number of aliphatic carboxylic acids is 1. The van der Waals surface area contributed by atoms with Crippen molar-refractivity contribution in [1.29, 1.82) is 0 Å². The van der Waals surface area contributed by atoms with Crippen LogP contribution < -0.4 is 0 Å². The first-order valence-electron chi connectivity index (χ1n) is 8.52. The maximum atomic E-state index is 13.1. The molecule has 9 heteroatoms. The molecule has 0 spiro atoms. The summed E-state index contributed by atoms with van der Waals surface area (Å²) in [5.74, 6) is -1.20. The van der Waals surface area contributed by atoms with Crippen molar-refractivity contribution in [3.05, 3.63) is 77.5 Å². The van der Waals surface area contributed by atoms with Gasteiger partial charge in [0.1, 0.15) is 0 Å². The molecule has 30 heavy (non-hydrogen) atoms. The number of nitrogens with zero attached hydrogens (tertiary/aromatic N) is 1. The molecule has 0 atom stereocenters. The predicted molar refractivity (Wildman–Crippen MR) is 96.5 cm³/mol. The molecule has 0 aliphatic carbocycles. The van der Waals surface area contributed by atoms with Crippen LogP contribution in [0.3, 0.4) is 0 Å². The summed E-state index contributed by atoms with van der Waals surface area (Å²) in [5, 5.41) is 8.98. The van der Waals surface area contributed by atoms with Crippen LogP contribution in [0, 0.1) is 0 Å². The third-order valence-electron chi connectivity index (χ3n) is 4.25. The Morgan fingerprint density at radius 1 is 0.800 bits per heavy atom. The summed E-state index contributed by atoms with van der Waals surface area (Å²) >= 11 is 0. The molecule has 156 valence electrons. The van der Waals surface area contributed by atoms with E-state index >= 15 is 0 Å². The fraction of sp³-hybridized carbons (Fsp3) is 0.143. The Morgan fingerprint density at radius 2 is 1.33 bits per heavy atom. The Hall–Kier alpha value is -3.36. The molecule has 0 radical (unpaired) electrons. The molecule has 2 aromatic carbocycles. The van der Waals surface area contributed by atoms with E-state index in [2.05, 4.69) is 4.98 Å². The first-order valence-corrected chi connectivity index (χ1v) is 8.52. The number of hydrogen-bond donors (Lipinski definition) is 1. The van der Waals surface area contributed by atoms with Gasteiger partial charge in [0.2, 0.25) is 0 Å². The zero-order chi connectivity index (χ0) is 22.1. The average Bonchev–Trinajstić information content (AvgIpc) is 2.66. The lowest BCUT2D eigenvalue weighted by atomic mass is 9.96. The highest BCUT2D eigenvalue weighted by Gasteiger charge is 2.32. The van der Waals surface area contributed by atoms with Crippen LogP contribution in [0.15, 0.2) is 60.7 Å². The number of hydrogen-bond acceptors (Lipinski definition) is 2. The highest BCUT2D eigenvalue weighted by atomic mass is 19.4. The van der Waals surface area contributed by atoms with E-state index in [1.165, 1.54) is 30.3 Å². The van der Waals surface area contributed by atoms with Gasteiger partial charge in [0.05, 0.1) is 28.9 Å². The van der Waals surface area contributed by atoms with Crippen LogP contribution in [0.5, 0.6) is 0 Å². The van der Waals surface area contributed by atoms with Crippen LogP contribution in [-0.2, 0) is 23.6 Å². The van der Waals surface area contributed by atoms with Crippen molar-refractivity contribution in [2.45, 2.75) is 18.8 Å². The number of aromatic nitrogens is 1. The van der Waals surface area contributed by atoms with Crippen molar-refractivity contribution in [3.63, 3.8) is 0 Å². The fourth-order valence-corrected chi connectivity index (χ4v) is 2.91. The molecule has 3 rings (SSSR count). The van der Waals surface area contributed by atoms with Crippen LogP contribution in [0.1, 0.15) is 16.8 Å². The lowest BCUT2D eigenvalue weighted by molar-refractivity contribution is -0.138. The van der Waals surface area contributed by atoms with Crippen molar-refractivity contribution in [2.75, 3.05) is 0 Å². The first-order chi connectivity index (χ1) is 13.9. The molecule has 0 aliphatic heterocycles. The van der Waals surface area contributed by atoms with Crippen LogP contribution in [0.4, 0.5) is 26.3 Å².